The van der Waals surface area contributed by atoms with E-state index in [0.717, 1.165) is 11.8 Å². The summed E-state index contributed by atoms with van der Waals surface area (Å²) in [4.78, 5) is 46.1. The van der Waals surface area contributed by atoms with Crippen LogP contribution in [-0.4, -0.2) is 62.7 Å². The van der Waals surface area contributed by atoms with Gasteiger partial charge in [0.15, 0.2) is 17.0 Å². The first-order valence-corrected chi connectivity index (χ1v) is 13.9. The first kappa shape index (κ1) is 28.4. The number of hydrogen-bond acceptors (Lipinski definition) is 6. The minimum Gasteiger partial charge on any atom is -0.367 e. The van der Waals surface area contributed by atoms with E-state index in [1.807, 2.05) is 0 Å². The van der Waals surface area contributed by atoms with Crippen molar-refractivity contribution in [1.29, 1.82) is 0 Å². The van der Waals surface area contributed by atoms with Gasteiger partial charge in [-0.05, 0) is 38.0 Å². The number of amides is 3. The number of nitrogens with one attached hydrogen (secondary N) is 1. The van der Waals surface area contributed by atoms with E-state index in [0.29, 0.717) is 39.0 Å². The molecular weight excluding hydrogens is 588 g/mol. The number of piperidine rings is 1. The average molecular weight is 612 g/mol. The number of pyridine rings is 1. The first-order chi connectivity index (χ1) is 19.7. The van der Waals surface area contributed by atoms with Gasteiger partial charge in [0, 0.05) is 46.3 Å². The summed E-state index contributed by atoms with van der Waals surface area (Å²) in [6.45, 7) is -0.529. The lowest BCUT2D eigenvalue weighted by molar-refractivity contribution is -0.173. The average Bonchev–Trinajstić information content (AvgIpc) is 3.54. The molecule has 3 amide bonds. The number of nitrogens with zero attached hydrogens (tertiary/aromatic N) is 3. The van der Waals surface area contributed by atoms with Gasteiger partial charge in [-0.3, -0.25) is 14.4 Å². The molecule has 42 heavy (non-hydrogen) atoms. The standard InChI is InChI=1S/C27H23F6N5O3S/c1-11-12(19-14(28)4-5-15(29)20(19)30)7-16(23(40)37(11)10-27(31,32)33)38-17-8-26(9-18(17)42-24(38)21(34)39)13-3-2-6-35-22(13)36-25(26)41/h2-6,11-12,16,24H,7-10H2,1H3,(H2,34,39)(H,35,36,41)/t11-,12-,16+,24?,26?/m1/s1. The highest BCUT2D eigenvalue weighted by atomic mass is 32.2. The van der Waals surface area contributed by atoms with E-state index in [4.69, 9.17) is 5.73 Å². The molecule has 2 unspecified atom stereocenters. The highest BCUT2D eigenvalue weighted by molar-refractivity contribution is 8.04. The smallest absolute Gasteiger partial charge is 0.367 e. The molecule has 222 valence electrons. The van der Waals surface area contributed by atoms with Crippen molar-refractivity contribution in [1.82, 2.24) is 14.8 Å². The zero-order chi connectivity index (χ0) is 30.3. The summed E-state index contributed by atoms with van der Waals surface area (Å²) in [6.07, 6.45) is -3.71. The van der Waals surface area contributed by atoms with Crippen molar-refractivity contribution in [3.05, 3.63) is 69.6 Å². The maximum atomic E-state index is 15.0. The minimum absolute atomic E-state index is 0.0183. The number of halogens is 6. The number of benzene rings is 1. The number of hydrogen-bond donors (Lipinski definition) is 2. The molecule has 3 N–H and O–H groups in total. The number of thioether (sulfide) groups is 1. The summed E-state index contributed by atoms with van der Waals surface area (Å²) >= 11 is 0.981. The van der Waals surface area contributed by atoms with E-state index in [9.17, 15) is 40.7 Å². The second-order valence-corrected chi connectivity index (χ2v) is 12.1. The van der Waals surface area contributed by atoms with Gasteiger partial charge >= 0.3 is 6.18 Å². The van der Waals surface area contributed by atoms with Crippen molar-refractivity contribution >= 4 is 35.3 Å². The van der Waals surface area contributed by atoms with Crippen LogP contribution in [0.5, 0.6) is 0 Å². The molecular formula is C27H23F6N5O3S. The predicted octanol–water partition coefficient (Wildman–Crippen LogP) is 3.89. The summed E-state index contributed by atoms with van der Waals surface area (Å²) in [5.74, 6) is -7.51. The van der Waals surface area contributed by atoms with Gasteiger partial charge in [-0.2, -0.15) is 13.2 Å². The van der Waals surface area contributed by atoms with Crippen LogP contribution in [0.1, 0.15) is 43.2 Å². The summed E-state index contributed by atoms with van der Waals surface area (Å²) in [5.41, 5.74) is 4.69. The molecule has 1 aromatic carbocycles. The molecule has 4 aliphatic rings. The Kier molecular flexibility index (Phi) is 6.51. The molecule has 15 heteroatoms. The van der Waals surface area contributed by atoms with E-state index in [2.05, 4.69) is 10.3 Å². The van der Waals surface area contributed by atoms with Crippen LogP contribution in [0.4, 0.5) is 32.2 Å². The molecule has 1 fully saturated rings. The van der Waals surface area contributed by atoms with Crippen LogP contribution in [0.3, 0.4) is 0 Å². The van der Waals surface area contributed by atoms with E-state index in [1.54, 1.807) is 12.1 Å². The number of nitrogens with two attached hydrogens (primary N) is 1. The molecule has 1 aromatic heterocycles. The van der Waals surface area contributed by atoms with Crippen LogP contribution in [0.2, 0.25) is 0 Å². The van der Waals surface area contributed by atoms with Crippen LogP contribution < -0.4 is 11.1 Å². The molecule has 8 nitrogen and oxygen atoms in total. The van der Waals surface area contributed by atoms with Crippen molar-refractivity contribution in [2.75, 3.05) is 11.9 Å². The number of allylic oxidation sites excluding steroid dienone is 2. The molecule has 6 rings (SSSR count). The number of alkyl halides is 3. The second-order valence-electron chi connectivity index (χ2n) is 10.9. The van der Waals surface area contributed by atoms with Crippen LogP contribution in [-0.2, 0) is 19.8 Å². The Labute approximate surface area is 239 Å². The maximum Gasteiger partial charge on any atom is 0.406 e. The van der Waals surface area contributed by atoms with Crippen molar-refractivity contribution in [3.8, 4) is 0 Å². The topological polar surface area (TPSA) is 109 Å². The van der Waals surface area contributed by atoms with Gasteiger partial charge < -0.3 is 20.9 Å². The molecule has 1 saturated heterocycles. The number of fused-ring (bicyclic) bond motifs is 2. The summed E-state index contributed by atoms with van der Waals surface area (Å²) in [6, 6.07) is 1.68. The Hall–Kier alpha value is -3.75. The van der Waals surface area contributed by atoms with Crippen molar-refractivity contribution in [2.45, 2.75) is 61.2 Å². The van der Waals surface area contributed by atoms with Gasteiger partial charge in [0.05, 0.1) is 5.41 Å². The molecule has 4 heterocycles. The number of anilines is 1. The monoisotopic (exact) mass is 611 g/mol. The van der Waals surface area contributed by atoms with E-state index >= 15 is 0 Å². The predicted molar refractivity (Wildman–Crippen MR) is 138 cm³/mol. The van der Waals surface area contributed by atoms with E-state index in [-0.39, 0.29) is 18.7 Å². The van der Waals surface area contributed by atoms with Crippen LogP contribution >= 0.6 is 11.8 Å². The van der Waals surface area contributed by atoms with E-state index < -0.39 is 82.8 Å². The third-order valence-electron chi connectivity index (χ3n) is 8.56. The number of carbonyl (C=O) groups is 3. The van der Waals surface area contributed by atoms with Crippen LogP contribution in [0.15, 0.2) is 41.1 Å². The quantitative estimate of drug-likeness (QED) is 0.402. The van der Waals surface area contributed by atoms with Gasteiger partial charge in [0.25, 0.3) is 5.91 Å². The zero-order valence-electron chi connectivity index (χ0n) is 21.8. The molecule has 5 atom stereocenters. The number of carbonyl (C=O) groups excluding carboxylic acids is 3. The molecule has 0 saturated carbocycles. The fourth-order valence-corrected chi connectivity index (χ4v) is 8.09. The van der Waals surface area contributed by atoms with Gasteiger partial charge in [0.2, 0.25) is 11.8 Å². The minimum atomic E-state index is -4.88. The Bertz CT molecular complexity index is 1570. The van der Waals surface area contributed by atoms with Crippen molar-refractivity contribution < 1.29 is 40.7 Å². The Morgan fingerprint density at radius 2 is 1.88 bits per heavy atom. The maximum absolute atomic E-state index is 15.0. The Balaban J connectivity index is 1.44. The normalized spacial score (nSPS) is 28.9. The number of primary amides is 1. The van der Waals surface area contributed by atoms with Gasteiger partial charge in [0.1, 0.15) is 24.2 Å². The fourth-order valence-electron chi connectivity index (χ4n) is 6.68. The molecule has 2 aromatic rings. The van der Waals surface area contributed by atoms with Gasteiger partial charge in [-0.1, -0.05) is 17.8 Å². The van der Waals surface area contributed by atoms with Crippen LogP contribution in [0, 0.1) is 17.5 Å². The zero-order valence-corrected chi connectivity index (χ0v) is 22.7. The fraction of sp³-hybridized carbons (Fsp3) is 0.407. The lowest BCUT2D eigenvalue weighted by Gasteiger charge is -2.47. The third kappa shape index (κ3) is 4.23. The molecule has 0 radical (unpaired) electrons. The molecule has 1 spiro atoms. The van der Waals surface area contributed by atoms with Gasteiger partial charge in [-0.15, -0.1) is 0 Å². The number of rotatable bonds is 4. The van der Waals surface area contributed by atoms with Crippen LogP contribution in [0.25, 0.3) is 0 Å². The Morgan fingerprint density at radius 3 is 2.57 bits per heavy atom. The number of aromatic nitrogens is 1. The van der Waals surface area contributed by atoms with Gasteiger partial charge in [-0.25, -0.2) is 18.2 Å². The highest BCUT2D eigenvalue weighted by Crippen LogP contribution is 2.59. The summed E-state index contributed by atoms with van der Waals surface area (Å²) in [5, 5.41) is 1.49. The lowest BCUT2D eigenvalue weighted by atomic mass is 9.78. The molecule has 1 aliphatic carbocycles. The first-order valence-electron chi connectivity index (χ1n) is 13.0. The largest absolute Gasteiger partial charge is 0.406 e. The van der Waals surface area contributed by atoms with Crippen molar-refractivity contribution in [3.63, 3.8) is 0 Å². The number of likely N-dealkylation sites (tertiary alicyclic amines) is 1. The summed E-state index contributed by atoms with van der Waals surface area (Å²) in [7, 11) is 0. The molecule has 3 aliphatic heterocycles. The molecule has 0 bridgehead atoms. The Morgan fingerprint density at radius 1 is 1.17 bits per heavy atom. The second kappa shape index (κ2) is 9.64. The van der Waals surface area contributed by atoms with E-state index in [1.165, 1.54) is 18.0 Å². The highest BCUT2D eigenvalue weighted by Gasteiger charge is 2.59. The third-order valence-corrected chi connectivity index (χ3v) is 9.91. The lowest BCUT2D eigenvalue weighted by Crippen LogP contribution is -2.61. The summed E-state index contributed by atoms with van der Waals surface area (Å²) < 4.78 is 85.3. The van der Waals surface area contributed by atoms with Crippen molar-refractivity contribution in [2.24, 2.45) is 5.73 Å². The SMILES string of the molecule is C[C@@H]1[C@H](c2c(F)ccc(F)c2F)C[C@H](N2C3=C(CC4(C3)C(=O)Nc3ncccc34)SC2C(N)=O)C(=O)N1CC(F)(F)F.